The van der Waals surface area contributed by atoms with Crippen LogP contribution in [0.4, 0.5) is 0 Å². The molecule has 1 N–H and O–H groups in total. The van der Waals surface area contributed by atoms with E-state index in [9.17, 15) is 9.90 Å². The molecule has 5 nitrogen and oxygen atoms in total. The summed E-state index contributed by atoms with van der Waals surface area (Å²) < 4.78 is 1.54. The monoisotopic (exact) mass is 351 g/mol. The maximum atomic E-state index is 12.5. The van der Waals surface area contributed by atoms with Gasteiger partial charge in [-0.15, -0.1) is 12.4 Å². The number of phenols is 1. The summed E-state index contributed by atoms with van der Waals surface area (Å²) in [5, 5.41) is 10.5. The molecule has 0 spiro atoms. The minimum atomic E-state index is -0.272. The highest BCUT2D eigenvalue weighted by atomic mass is 35.5. The Morgan fingerprint density at radius 3 is 2.48 bits per heavy atom. The van der Waals surface area contributed by atoms with Gasteiger partial charge in [0.05, 0.1) is 22.0 Å². The van der Waals surface area contributed by atoms with E-state index >= 15 is 0 Å². The van der Waals surface area contributed by atoms with Gasteiger partial charge in [0.15, 0.2) is 5.75 Å². The molecule has 0 saturated carbocycles. The minimum Gasteiger partial charge on any atom is -0.504 e. The number of rotatable bonds is 3. The maximum absolute atomic E-state index is 12.5. The molecule has 1 aromatic carbocycles. The molecule has 0 atom stereocenters. The first-order valence-corrected chi connectivity index (χ1v) is 6.87. The summed E-state index contributed by atoms with van der Waals surface area (Å²) in [7, 11) is 3.75. The third-order valence-electron chi connectivity index (χ3n) is 2.96. The van der Waals surface area contributed by atoms with E-state index in [1.54, 1.807) is 4.57 Å². The molecule has 0 radical (unpaired) electrons. The van der Waals surface area contributed by atoms with Gasteiger partial charge < -0.3 is 10.0 Å². The molecule has 0 aliphatic carbocycles. The zero-order chi connectivity index (χ0) is 15.0. The zero-order valence-electron chi connectivity index (χ0n) is 11.9. The van der Waals surface area contributed by atoms with Crippen LogP contribution >= 0.6 is 35.6 Å². The van der Waals surface area contributed by atoms with Crippen LogP contribution in [-0.4, -0.2) is 33.7 Å². The Kier molecular flexibility index (Phi) is 5.87. The molecule has 0 bridgehead atoms. The Bertz CT molecular complexity index is 729. The molecule has 0 aliphatic rings. The quantitative estimate of drug-likeness (QED) is 0.923. The number of aromatic nitrogens is 2. The average molecular weight is 353 g/mol. The minimum absolute atomic E-state index is 0. The third-order valence-corrected chi connectivity index (χ3v) is 3.55. The van der Waals surface area contributed by atoms with Gasteiger partial charge in [0.1, 0.15) is 11.3 Å². The molecule has 1 heterocycles. The van der Waals surface area contributed by atoms with Crippen molar-refractivity contribution >= 4 is 46.5 Å². The Morgan fingerprint density at radius 1 is 1.33 bits per heavy atom. The van der Waals surface area contributed by atoms with Crippen molar-refractivity contribution in [2.24, 2.45) is 0 Å². The summed E-state index contributed by atoms with van der Waals surface area (Å²) in [6.07, 6.45) is 0. The van der Waals surface area contributed by atoms with Crippen LogP contribution in [0.3, 0.4) is 0 Å². The molecule has 0 fully saturated rings. The van der Waals surface area contributed by atoms with Gasteiger partial charge in [0, 0.05) is 6.54 Å². The van der Waals surface area contributed by atoms with Gasteiger partial charge in [-0.3, -0.25) is 9.36 Å². The highest BCUT2D eigenvalue weighted by Crippen LogP contribution is 2.34. The van der Waals surface area contributed by atoms with Crippen molar-refractivity contribution < 1.29 is 5.11 Å². The highest BCUT2D eigenvalue weighted by Gasteiger charge is 2.18. The fraction of sp³-hybridized carbons (Fsp3) is 0.385. The van der Waals surface area contributed by atoms with Gasteiger partial charge in [0.25, 0.3) is 5.56 Å². The highest BCUT2D eigenvalue weighted by molar-refractivity contribution is 6.39. The fourth-order valence-electron chi connectivity index (χ4n) is 2.08. The second-order valence-corrected chi connectivity index (χ2v) is 5.54. The van der Waals surface area contributed by atoms with Crippen molar-refractivity contribution in [1.29, 1.82) is 0 Å². The van der Waals surface area contributed by atoms with E-state index < -0.39 is 0 Å². The van der Waals surface area contributed by atoms with E-state index in [-0.39, 0.29) is 44.7 Å². The van der Waals surface area contributed by atoms with Gasteiger partial charge in [-0.25, -0.2) is 4.98 Å². The number of phenolic OH excluding ortho intramolecular Hbond substituents is 1. The number of hydrogen-bond acceptors (Lipinski definition) is 4. The van der Waals surface area contributed by atoms with Crippen LogP contribution < -0.4 is 5.56 Å². The van der Waals surface area contributed by atoms with E-state index in [1.165, 1.54) is 6.07 Å². The van der Waals surface area contributed by atoms with Crippen LogP contribution in [0, 0.1) is 0 Å². The smallest absolute Gasteiger partial charge is 0.263 e. The van der Waals surface area contributed by atoms with E-state index in [2.05, 4.69) is 4.98 Å². The first-order chi connectivity index (χ1) is 9.36. The summed E-state index contributed by atoms with van der Waals surface area (Å²) >= 11 is 12.0. The topological polar surface area (TPSA) is 58.4 Å². The van der Waals surface area contributed by atoms with Crippen molar-refractivity contribution in [3.63, 3.8) is 0 Å². The zero-order valence-corrected chi connectivity index (χ0v) is 14.2. The summed E-state index contributed by atoms with van der Waals surface area (Å²) in [6.45, 7) is 2.81. The van der Waals surface area contributed by atoms with Crippen molar-refractivity contribution in [3.8, 4) is 5.75 Å². The predicted molar refractivity (Wildman–Crippen MR) is 88.0 cm³/mol. The Balaban J connectivity index is 0.00000220. The molecule has 0 amide bonds. The van der Waals surface area contributed by atoms with Gasteiger partial charge in [-0.2, -0.15) is 0 Å². The van der Waals surface area contributed by atoms with Crippen LogP contribution in [0.2, 0.25) is 10.0 Å². The summed E-state index contributed by atoms with van der Waals surface area (Å²) in [5.41, 5.74) is -0.125. The lowest BCUT2D eigenvalue weighted by atomic mass is 10.2. The number of benzene rings is 1. The molecule has 0 unspecified atom stereocenters. The summed E-state index contributed by atoms with van der Waals surface area (Å²) in [4.78, 5) is 18.8. The van der Waals surface area contributed by atoms with Gasteiger partial charge >= 0.3 is 0 Å². The first kappa shape index (κ1) is 18.0. The predicted octanol–water partition coefficient (Wildman–Crippen LogP) is 2.91. The molecular formula is C13H16Cl3N3O2. The number of nitrogens with zero attached hydrogens (tertiary/aromatic N) is 3. The van der Waals surface area contributed by atoms with Crippen molar-refractivity contribution in [1.82, 2.24) is 14.5 Å². The Morgan fingerprint density at radius 2 is 1.95 bits per heavy atom. The Labute approximate surface area is 138 Å². The van der Waals surface area contributed by atoms with Gasteiger partial charge in [-0.05, 0) is 27.1 Å². The average Bonchev–Trinajstić information content (AvgIpc) is 2.35. The van der Waals surface area contributed by atoms with Crippen LogP contribution in [0.25, 0.3) is 10.9 Å². The summed E-state index contributed by atoms with van der Waals surface area (Å²) in [6, 6.07) is 1.36. The molecule has 0 saturated heterocycles. The van der Waals surface area contributed by atoms with Crippen molar-refractivity contribution in [3.05, 3.63) is 32.3 Å². The maximum Gasteiger partial charge on any atom is 0.263 e. The van der Waals surface area contributed by atoms with E-state index in [1.807, 2.05) is 25.9 Å². The van der Waals surface area contributed by atoms with E-state index in [4.69, 9.17) is 23.2 Å². The van der Waals surface area contributed by atoms with Crippen molar-refractivity contribution in [2.45, 2.75) is 20.0 Å². The molecule has 21 heavy (non-hydrogen) atoms. The number of fused-ring (bicyclic) bond motifs is 1. The molecule has 2 aromatic rings. The number of aromatic hydroxyl groups is 1. The lowest BCUT2D eigenvalue weighted by Crippen LogP contribution is -2.28. The fourth-order valence-corrected chi connectivity index (χ4v) is 2.61. The standard InChI is InChI=1S/C13H15Cl2N3O2.ClH/c1-4-18-9(6-17(2)3)16-11-10(13(18)20)7(14)5-8(15)12(11)19;/h5,19H,4,6H2,1-3H3;1H. The van der Waals surface area contributed by atoms with Gasteiger partial charge in [0.2, 0.25) is 0 Å². The normalized spacial score (nSPS) is 11.0. The van der Waals surface area contributed by atoms with Crippen molar-refractivity contribution in [2.75, 3.05) is 14.1 Å². The second kappa shape index (κ2) is 6.83. The van der Waals surface area contributed by atoms with Crippen LogP contribution in [-0.2, 0) is 13.1 Å². The molecular weight excluding hydrogens is 337 g/mol. The van der Waals surface area contributed by atoms with E-state index in [0.717, 1.165) is 0 Å². The number of hydrogen-bond donors (Lipinski definition) is 1. The molecule has 0 aliphatic heterocycles. The molecule has 2 rings (SSSR count). The van der Waals surface area contributed by atoms with Gasteiger partial charge in [-0.1, -0.05) is 23.2 Å². The Hall–Kier alpha value is -1.01. The lowest BCUT2D eigenvalue weighted by molar-refractivity contribution is 0.377. The number of halogens is 3. The lowest BCUT2D eigenvalue weighted by Gasteiger charge is -2.16. The molecule has 1 aromatic heterocycles. The summed E-state index contributed by atoms with van der Waals surface area (Å²) in [5.74, 6) is 0.343. The second-order valence-electron chi connectivity index (χ2n) is 4.73. The van der Waals surface area contributed by atoms with Crippen LogP contribution in [0.15, 0.2) is 10.9 Å². The van der Waals surface area contributed by atoms with Crippen LogP contribution in [0.5, 0.6) is 5.75 Å². The molecule has 8 heteroatoms. The third kappa shape index (κ3) is 3.26. The first-order valence-electron chi connectivity index (χ1n) is 6.12. The van der Waals surface area contributed by atoms with Crippen LogP contribution in [0.1, 0.15) is 12.7 Å². The van der Waals surface area contributed by atoms with E-state index in [0.29, 0.717) is 18.9 Å². The largest absolute Gasteiger partial charge is 0.504 e. The molecule has 116 valence electrons. The SMILES string of the molecule is CCn1c(CN(C)C)nc2c(O)c(Cl)cc(Cl)c2c1=O.Cl.